The highest BCUT2D eigenvalue weighted by atomic mass is 16.6. The topological polar surface area (TPSA) is 83.8 Å². The Kier molecular flexibility index (Phi) is 4.56. The van der Waals surface area contributed by atoms with E-state index in [0.29, 0.717) is 35.3 Å². The minimum Gasteiger partial charge on any atom is -0.489 e. The Hall–Kier alpha value is -3.35. The quantitative estimate of drug-likeness (QED) is 0.558. The van der Waals surface area contributed by atoms with E-state index < -0.39 is 23.1 Å². The Balaban J connectivity index is 1.57. The molecular formula is C23H23NO6. The van der Waals surface area contributed by atoms with Crippen LogP contribution in [0.1, 0.15) is 26.7 Å². The van der Waals surface area contributed by atoms with Crippen molar-refractivity contribution in [3.63, 3.8) is 0 Å². The van der Waals surface area contributed by atoms with Crippen LogP contribution in [0.3, 0.4) is 0 Å². The van der Waals surface area contributed by atoms with Gasteiger partial charge in [-0.25, -0.2) is 9.59 Å². The van der Waals surface area contributed by atoms with E-state index in [9.17, 15) is 14.4 Å². The maximum absolute atomic E-state index is 12.5. The summed E-state index contributed by atoms with van der Waals surface area (Å²) < 4.78 is 18.3. The molecule has 2 unspecified atom stereocenters. The van der Waals surface area contributed by atoms with Crippen molar-refractivity contribution in [2.45, 2.75) is 44.4 Å². The largest absolute Gasteiger partial charge is 0.489 e. The number of esters is 2. The molecule has 7 nitrogen and oxygen atoms in total. The molecule has 4 rings (SSSR count). The summed E-state index contributed by atoms with van der Waals surface area (Å²) in [4.78, 5) is 35.9. The van der Waals surface area contributed by atoms with Crippen LogP contribution in [0.4, 0.5) is 0 Å². The molecule has 0 spiro atoms. The fraction of sp³-hybridized carbons (Fsp3) is 0.348. The van der Waals surface area contributed by atoms with Gasteiger partial charge in [0.05, 0.1) is 12.1 Å². The molecule has 2 atom stereocenters. The molecule has 0 radical (unpaired) electrons. The number of pyridine rings is 1. The molecule has 0 saturated carbocycles. The van der Waals surface area contributed by atoms with Crippen LogP contribution in [0.5, 0.6) is 5.75 Å². The van der Waals surface area contributed by atoms with E-state index in [2.05, 4.69) is 13.2 Å². The summed E-state index contributed by atoms with van der Waals surface area (Å²) in [7, 11) is 0. The van der Waals surface area contributed by atoms with E-state index >= 15 is 0 Å². The predicted octanol–water partition coefficient (Wildman–Crippen LogP) is 2.90. The van der Waals surface area contributed by atoms with Crippen LogP contribution in [-0.2, 0) is 25.6 Å². The molecule has 2 aliphatic rings. The second-order valence-electron chi connectivity index (χ2n) is 8.51. The third-order valence-corrected chi connectivity index (χ3v) is 5.43. The normalized spacial score (nSPS) is 26.2. The SMILES string of the molecule is C=C1CC(C)(COc2ccc3c(ccc(=O)n3CC3(C)CC(=C)C(=O)O3)c2)OC1=O. The Morgan fingerprint density at radius 2 is 1.60 bits per heavy atom. The van der Waals surface area contributed by atoms with Crippen LogP contribution < -0.4 is 10.3 Å². The summed E-state index contributed by atoms with van der Waals surface area (Å²) >= 11 is 0. The molecule has 0 aliphatic carbocycles. The Bertz CT molecular complexity index is 1130. The number of benzene rings is 1. The number of ether oxygens (including phenoxy) is 3. The van der Waals surface area contributed by atoms with E-state index in [1.165, 1.54) is 6.07 Å². The van der Waals surface area contributed by atoms with Crippen molar-refractivity contribution in [3.05, 3.63) is 65.0 Å². The first kappa shape index (κ1) is 19.9. The van der Waals surface area contributed by atoms with E-state index in [1.54, 1.807) is 36.6 Å². The van der Waals surface area contributed by atoms with Gasteiger partial charge in [0.15, 0.2) is 0 Å². The number of cyclic esters (lactones) is 2. The Labute approximate surface area is 173 Å². The number of hydrogen-bond donors (Lipinski definition) is 0. The summed E-state index contributed by atoms with van der Waals surface area (Å²) in [5.41, 5.74) is -0.195. The number of hydrogen-bond acceptors (Lipinski definition) is 6. The van der Waals surface area contributed by atoms with Gasteiger partial charge in [-0.15, -0.1) is 0 Å². The molecular weight excluding hydrogens is 386 g/mol. The number of aromatic nitrogens is 1. The van der Waals surface area contributed by atoms with Crippen LogP contribution >= 0.6 is 0 Å². The van der Waals surface area contributed by atoms with E-state index in [0.717, 1.165) is 5.39 Å². The highest BCUT2D eigenvalue weighted by Gasteiger charge is 2.40. The lowest BCUT2D eigenvalue weighted by atomic mass is 10.00. The summed E-state index contributed by atoms with van der Waals surface area (Å²) in [5.74, 6) is -0.230. The first-order valence-electron chi connectivity index (χ1n) is 9.66. The molecule has 3 heterocycles. The molecule has 0 N–H and O–H groups in total. The van der Waals surface area contributed by atoms with Crippen LogP contribution in [0.2, 0.25) is 0 Å². The summed E-state index contributed by atoms with van der Waals surface area (Å²) in [6, 6.07) is 8.58. The summed E-state index contributed by atoms with van der Waals surface area (Å²) in [5, 5.41) is 0.803. The number of carbonyl (C=O) groups is 2. The second-order valence-corrected chi connectivity index (χ2v) is 8.51. The third kappa shape index (κ3) is 3.63. The minimum absolute atomic E-state index is 0.185. The fourth-order valence-corrected chi connectivity index (χ4v) is 3.98. The fourth-order valence-electron chi connectivity index (χ4n) is 3.98. The molecule has 2 saturated heterocycles. The maximum atomic E-state index is 12.5. The van der Waals surface area contributed by atoms with Crippen molar-refractivity contribution in [3.8, 4) is 5.75 Å². The standard InChI is InChI=1S/C23H23NO6/c1-14-10-22(3,29-20(14)26)12-24-18-7-6-17(9-16(18)5-8-19(24)25)28-13-23(4)11-15(2)21(27)30-23/h5-9H,1-2,10-13H2,3-4H3. The van der Waals surface area contributed by atoms with Crippen LogP contribution in [-0.4, -0.2) is 34.3 Å². The van der Waals surface area contributed by atoms with Gasteiger partial charge in [0, 0.05) is 35.4 Å². The van der Waals surface area contributed by atoms with Crippen molar-refractivity contribution in [2.75, 3.05) is 6.61 Å². The molecule has 2 fully saturated rings. The molecule has 1 aromatic heterocycles. The van der Waals surface area contributed by atoms with E-state index in [4.69, 9.17) is 14.2 Å². The van der Waals surface area contributed by atoms with Crippen LogP contribution in [0.25, 0.3) is 10.9 Å². The molecule has 30 heavy (non-hydrogen) atoms. The van der Waals surface area contributed by atoms with Crippen molar-refractivity contribution in [1.29, 1.82) is 0 Å². The average molecular weight is 409 g/mol. The van der Waals surface area contributed by atoms with Gasteiger partial charge in [-0.3, -0.25) is 4.79 Å². The zero-order valence-electron chi connectivity index (χ0n) is 17.0. The van der Waals surface area contributed by atoms with Crippen molar-refractivity contribution >= 4 is 22.8 Å². The highest BCUT2D eigenvalue weighted by Crippen LogP contribution is 2.33. The predicted molar refractivity (Wildman–Crippen MR) is 110 cm³/mol. The molecule has 0 bridgehead atoms. The molecule has 2 aliphatic heterocycles. The number of carbonyl (C=O) groups excluding carboxylic acids is 2. The second kappa shape index (κ2) is 6.86. The first-order chi connectivity index (χ1) is 14.1. The van der Waals surface area contributed by atoms with Gasteiger partial charge >= 0.3 is 11.9 Å². The maximum Gasteiger partial charge on any atom is 0.334 e. The summed E-state index contributed by atoms with van der Waals surface area (Å²) in [6.07, 6.45) is 0.792. The molecule has 0 amide bonds. The van der Waals surface area contributed by atoms with Gasteiger partial charge in [-0.2, -0.15) is 0 Å². The number of rotatable bonds is 5. The van der Waals surface area contributed by atoms with E-state index in [1.807, 2.05) is 6.07 Å². The van der Waals surface area contributed by atoms with Crippen LogP contribution in [0.15, 0.2) is 59.4 Å². The lowest BCUT2D eigenvalue weighted by Gasteiger charge is -2.24. The summed E-state index contributed by atoms with van der Waals surface area (Å²) in [6.45, 7) is 11.4. The number of nitrogens with zero attached hydrogens (tertiary/aromatic N) is 1. The number of fused-ring (bicyclic) bond motifs is 1. The minimum atomic E-state index is -0.815. The smallest absolute Gasteiger partial charge is 0.334 e. The average Bonchev–Trinajstić information content (AvgIpc) is 3.09. The van der Waals surface area contributed by atoms with Crippen molar-refractivity contribution in [1.82, 2.24) is 4.57 Å². The van der Waals surface area contributed by atoms with Gasteiger partial charge in [-0.05, 0) is 38.1 Å². The van der Waals surface area contributed by atoms with Gasteiger partial charge < -0.3 is 18.8 Å². The zero-order chi connectivity index (χ0) is 21.7. The van der Waals surface area contributed by atoms with E-state index in [-0.39, 0.29) is 18.7 Å². The monoisotopic (exact) mass is 409 g/mol. The Morgan fingerprint density at radius 1 is 0.967 bits per heavy atom. The Morgan fingerprint density at radius 3 is 2.20 bits per heavy atom. The van der Waals surface area contributed by atoms with Crippen molar-refractivity contribution < 1.29 is 23.8 Å². The lowest BCUT2D eigenvalue weighted by molar-refractivity contribution is -0.147. The van der Waals surface area contributed by atoms with Gasteiger partial charge in [0.1, 0.15) is 23.6 Å². The zero-order valence-corrected chi connectivity index (χ0v) is 17.0. The van der Waals surface area contributed by atoms with Gasteiger partial charge in [0.2, 0.25) is 0 Å². The molecule has 1 aromatic carbocycles. The molecule has 2 aromatic rings. The lowest BCUT2D eigenvalue weighted by Crippen LogP contribution is -2.35. The first-order valence-corrected chi connectivity index (χ1v) is 9.66. The van der Waals surface area contributed by atoms with Gasteiger partial charge in [0.25, 0.3) is 5.56 Å². The molecule has 156 valence electrons. The van der Waals surface area contributed by atoms with Crippen molar-refractivity contribution in [2.24, 2.45) is 0 Å². The van der Waals surface area contributed by atoms with Crippen LogP contribution in [0, 0.1) is 0 Å². The third-order valence-electron chi connectivity index (χ3n) is 5.43. The molecule has 7 heteroatoms. The highest BCUT2D eigenvalue weighted by molar-refractivity contribution is 5.91. The van der Waals surface area contributed by atoms with Gasteiger partial charge in [-0.1, -0.05) is 13.2 Å².